The van der Waals surface area contributed by atoms with Crippen molar-refractivity contribution in [3.63, 3.8) is 0 Å². The zero-order valence-corrected chi connectivity index (χ0v) is 12.8. The number of rotatable bonds is 1. The van der Waals surface area contributed by atoms with E-state index in [1.165, 1.54) is 68.1 Å². The van der Waals surface area contributed by atoms with Crippen molar-refractivity contribution in [3.8, 4) is 0 Å². The van der Waals surface area contributed by atoms with Crippen LogP contribution in [0.25, 0.3) is 6.08 Å². The van der Waals surface area contributed by atoms with Crippen molar-refractivity contribution in [2.75, 3.05) is 0 Å². The molecule has 0 unspecified atom stereocenters. The van der Waals surface area contributed by atoms with Crippen LogP contribution in [0, 0.1) is 0 Å². The van der Waals surface area contributed by atoms with Gasteiger partial charge in [-0.15, -0.1) is 0 Å². The van der Waals surface area contributed by atoms with E-state index in [9.17, 15) is 0 Å². The summed E-state index contributed by atoms with van der Waals surface area (Å²) in [5, 5.41) is 14.9. The quantitative estimate of drug-likeness (QED) is 0.730. The summed E-state index contributed by atoms with van der Waals surface area (Å²) in [7, 11) is 0. The van der Waals surface area contributed by atoms with E-state index in [4.69, 9.17) is 26.6 Å². The number of hydrogen-bond donors (Lipinski definition) is 2. The molecule has 2 aliphatic rings. The summed E-state index contributed by atoms with van der Waals surface area (Å²) in [6.45, 7) is 0. The highest BCUT2D eigenvalue weighted by Crippen LogP contribution is 2.32. The molecule has 0 spiro atoms. The summed E-state index contributed by atoms with van der Waals surface area (Å²) in [5.41, 5.74) is 5.85. The Labute approximate surface area is 130 Å². The minimum absolute atomic E-state index is 0.948. The summed E-state index contributed by atoms with van der Waals surface area (Å²) in [4.78, 5) is 8.56. The van der Waals surface area contributed by atoms with Gasteiger partial charge in [-0.2, -0.15) is 0 Å². The van der Waals surface area contributed by atoms with E-state index in [-0.39, 0.29) is 0 Å². The van der Waals surface area contributed by atoms with Crippen LogP contribution in [0.1, 0.15) is 55.2 Å². The first-order chi connectivity index (χ1) is 10.1. The molecule has 21 heavy (non-hydrogen) atoms. The van der Waals surface area contributed by atoms with Crippen LogP contribution < -0.4 is 0 Å². The van der Waals surface area contributed by atoms with E-state index in [2.05, 4.69) is 18.2 Å². The molecule has 0 atom stereocenters. The molecular weight excluding hydrogens is 288 g/mol. The number of fused-ring (bicyclic) bond motifs is 1. The Morgan fingerprint density at radius 3 is 2.14 bits per heavy atom. The van der Waals surface area contributed by atoms with Crippen molar-refractivity contribution in [2.45, 2.75) is 51.4 Å². The van der Waals surface area contributed by atoms with Gasteiger partial charge in [-0.3, -0.25) is 0 Å². The Morgan fingerprint density at radius 1 is 0.952 bits per heavy atom. The van der Waals surface area contributed by atoms with Crippen molar-refractivity contribution in [1.82, 2.24) is 0 Å². The third-order valence-corrected chi connectivity index (χ3v) is 4.39. The van der Waals surface area contributed by atoms with Crippen LogP contribution in [0.2, 0.25) is 5.02 Å². The van der Waals surface area contributed by atoms with Crippen LogP contribution in [0.3, 0.4) is 0 Å². The van der Waals surface area contributed by atoms with Crippen molar-refractivity contribution in [3.05, 3.63) is 39.4 Å². The molecule has 0 aliphatic heterocycles. The van der Waals surface area contributed by atoms with Gasteiger partial charge in [0.05, 0.1) is 0 Å². The molecule has 1 saturated carbocycles. The minimum atomic E-state index is -1.83. The third kappa shape index (κ3) is 4.78. The van der Waals surface area contributed by atoms with E-state index >= 15 is 0 Å². The number of aryl methyl sites for hydroxylation is 2. The Kier molecular flexibility index (Phi) is 5.68. The second-order valence-corrected chi connectivity index (χ2v) is 6.05. The van der Waals surface area contributed by atoms with Gasteiger partial charge in [0.1, 0.15) is 0 Å². The van der Waals surface area contributed by atoms with Gasteiger partial charge in [-0.25, -0.2) is 4.79 Å². The summed E-state index contributed by atoms with van der Waals surface area (Å²) < 4.78 is 0. The molecule has 114 valence electrons. The smallest absolute Gasteiger partial charge is 0.450 e. The first-order valence-corrected chi connectivity index (χ1v) is 7.86. The fraction of sp³-hybridized carbons (Fsp3) is 0.471. The molecule has 0 radical (unpaired) electrons. The minimum Gasteiger partial charge on any atom is -0.450 e. The third-order valence-electron chi connectivity index (χ3n) is 4.07. The maximum Gasteiger partial charge on any atom is 0.503 e. The first kappa shape index (κ1) is 15.9. The predicted octanol–water partition coefficient (Wildman–Crippen LogP) is 5.40. The molecule has 2 aliphatic carbocycles. The van der Waals surface area contributed by atoms with Crippen molar-refractivity contribution >= 4 is 23.8 Å². The number of hydrogen-bond acceptors (Lipinski definition) is 1. The number of carbonyl (C=O) groups is 1. The molecule has 0 bridgehead atoms. The predicted molar refractivity (Wildman–Crippen MR) is 85.2 cm³/mol. The highest BCUT2D eigenvalue weighted by atomic mass is 35.5. The van der Waals surface area contributed by atoms with Gasteiger partial charge in [0, 0.05) is 5.02 Å². The zero-order chi connectivity index (χ0) is 15.2. The number of allylic oxidation sites excluding steroid dienone is 1. The number of halogens is 1. The maximum atomic E-state index is 8.56. The van der Waals surface area contributed by atoms with Crippen LogP contribution in [-0.2, 0) is 12.8 Å². The second kappa shape index (κ2) is 7.51. The lowest BCUT2D eigenvalue weighted by atomic mass is 9.93. The molecule has 3 rings (SSSR count). The second-order valence-electron chi connectivity index (χ2n) is 5.64. The molecule has 0 saturated heterocycles. The molecule has 3 nitrogen and oxygen atoms in total. The van der Waals surface area contributed by atoms with Crippen LogP contribution >= 0.6 is 11.6 Å². The molecule has 0 heterocycles. The van der Waals surface area contributed by atoms with E-state index in [0.29, 0.717) is 0 Å². The fourth-order valence-corrected chi connectivity index (χ4v) is 3.33. The highest BCUT2D eigenvalue weighted by molar-refractivity contribution is 6.32. The fourth-order valence-electron chi connectivity index (χ4n) is 3.09. The summed E-state index contributed by atoms with van der Waals surface area (Å²) >= 11 is 6.38. The Hall–Kier alpha value is -1.48. The van der Waals surface area contributed by atoms with Crippen molar-refractivity contribution in [2.24, 2.45) is 0 Å². The largest absolute Gasteiger partial charge is 0.503 e. The number of benzene rings is 1. The Balaban J connectivity index is 0.000000361. The number of carboxylic acid groups (broad SMARTS) is 2. The van der Waals surface area contributed by atoms with E-state index in [0.717, 1.165) is 5.02 Å². The SMILES string of the molecule is Clc1cc2c(cc1C=C1CCCCC1)CCC2.O=C(O)O. The van der Waals surface area contributed by atoms with E-state index in [1.54, 1.807) is 5.57 Å². The average Bonchev–Trinajstić information content (AvgIpc) is 2.87. The highest BCUT2D eigenvalue weighted by Gasteiger charge is 2.14. The molecule has 0 aromatic heterocycles. The lowest BCUT2D eigenvalue weighted by Crippen LogP contribution is -1.94. The lowest BCUT2D eigenvalue weighted by Gasteiger charge is -2.14. The van der Waals surface area contributed by atoms with Crippen LogP contribution in [0.15, 0.2) is 17.7 Å². The molecular formula is C17H21ClO3. The van der Waals surface area contributed by atoms with Gasteiger partial charge in [-0.1, -0.05) is 29.7 Å². The Morgan fingerprint density at radius 2 is 1.52 bits per heavy atom. The van der Waals surface area contributed by atoms with Gasteiger partial charge in [0.15, 0.2) is 0 Å². The van der Waals surface area contributed by atoms with Gasteiger partial charge in [0.2, 0.25) is 0 Å². The van der Waals surface area contributed by atoms with Crippen molar-refractivity contribution < 1.29 is 15.0 Å². The summed E-state index contributed by atoms with van der Waals surface area (Å²) in [6.07, 6.45) is 10.9. The maximum absolute atomic E-state index is 8.56. The van der Waals surface area contributed by atoms with E-state index < -0.39 is 6.16 Å². The van der Waals surface area contributed by atoms with Crippen LogP contribution in [-0.4, -0.2) is 16.4 Å². The van der Waals surface area contributed by atoms with Gasteiger partial charge in [-0.05, 0) is 73.8 Å². The topological polar surface area (TPSA) is 57.5 Å². The first-order valence-electron chi connectivity index (χ1n) is 7.49. The summed E-state index contributed by atoms with van der Waals surface area (Å²) in [6, 6.07) is 4.52. The molecule has 0 amide bonds. The van der Waals surface area contributed by atoms with E-state index in [1.807, 2.05) is 0 Å². The molecule has 4 heteroatoms. The van der Waals surface area contributed by atoms with Gasteiger partial charge >= 0.3 is 6.16 Å². The summed E-state index contributed by atoms with van der Waals surface area (Å²) in [5.74, 6) is 0. The molecule has 1 fully saturated rings. The zero-order valence-electron chi connectivity index (χ0n) is 12.1. The molecule has 1 aromatic carbocycles. The normalized spacial score (nSPS) is 16.7. The monoisotopic (exact) mass is 308 g/mol. The Bertz CT molecular complexity index is 537. The van der Waals surface area contributed by atoms with Gasteiger partial charge < -0.3 is 10.2 Å². The van der Waals surface area contributed by atoms with Crippen LogP contribution in [0.5, 0.6) is 0 Å². The molecule has 2 N–H and O–H groups in total. The van der Waals surface area contributed by atoms with Gasteiger partial charge in [0.25, 0.3) is 0 Å². The van der Waals surface area contributed by atoms with Crippen LogP contribution in [0.4, 0.5) is 4.79 Å². The lowest BCUT2D eigenvalue weighted by molar-refractivity contribution is 0.137. The molecule has 1 aromatic rings. The standard InChI is InChI=1S/C16H19Cl.CH2O3/c17-16-11-14-8-4-7-13(14)10-15(16)9-12-5-2-1-3-6-12;2-1(3)4/h9-11H,1-8H2;(H2,2,3,4). The van der Waals surface area contributed by atoms with Crippen molar-refractivity contribution in [1.29, 1.82) is 0 Å². The average molecular weight is 309 g/mol.